The van der Waals surface area contributed by atoms with Crippen molar-refractivity contribution in [2.24, 2.45) is 17.8 Å². The minimum atomic E-state index is -0.798. The number of nitrogens with one attached hydrogen (secondary N) is 3. The Balaban J connectivity index is 2.23. The quantitative estimate of drug-likeness (QED) is 0.150. The van der Waals surface area contributed by atoms with E-state index in [0.29, 0.717) is 19.5 Å². The molecule has 0 saturated carbocycles. The normalized spacial score (nSPS) is 24.8. The summed E-state index contributed by atoms with van der Waals surface area (Å²) in [5, 5.41) is 27.9. The zero-order valence-corrected chi connectivity index (χ0v) is 28.7. The fourth-order valence-corrected chi connectivity index (χ4v) is 6.63. The topological polar surface area (TPSA) is 170 Å². The molecule has 0 spiro atoms. The van der Waals surface area contributed by atoms with Crippen LogP contribution in [0, 0.1) is 17.8 Å². The Kier molecular flexibility index (Phi) is 15.7. The van der Waals surface area contributed by atoms with Gasteiger partial charge < -0.3 is 45.4 Å². The summed E-state index contributed by atoms with van der Waals surface area (Å²) < 4.78 is 11.7. The Morgan fingerprint density at radius 3 is 2.24 bits per heavy atom. The number of ether oxygens (including phenoxy) is 2. The van der Waals surface area contributed by atoms with Crippen molar-refractivity contribution in [1.82, 2.24) is 25.8 Å². The van der Waals surface area contributed by atoms with E-state index in [-0.39, 0.29) is 61.0 Å². The third-order valence-corrected chi connectivity index (χ3v) is 9.58. The highest BCUT2D eigenvalue weighted by molar-refractivity contribution is 5.90. The molecule has 10 atom stereocenters. The molecule has 13 nitrogen and oxygen atoms in total. The number of rotatable bonds is 17. The third kappa shape index (κ3) is 10.1. The van der Waals surface area contributed by atoms with Gasteiger partial charge >= 0.3 is 0 Å². The number of aliphatic hydroxyl groups excluding tert-OH is 2. The van der Waals surface area contributed by atoms with Crippen molar-refractivity contribution in [3.63, 3.8) is 0 Å². The summed E-state index contributed by atoms with van der Waals surface area (Å²) in [4.78, 5) is 57.1. The third-order valence-electron chi connectivity index (χ3n) is 9.58. The number of carbonyl (C=O) groups is 4. The van der Waals surface area contributed by atoms with Crippen LogP contribution < -0.4 is 16.0 Å². The van der Waals surface area contributed by atoms with Crippen LogP contribution in [0.25, 0.3) is 0 Å². The Morgan fingerprint density at radius 2 is 1.73 bits per heavy atom. The number of methoxy groups -OCH3 is 2. The van der Waals surface area contributed by atoms with Crippen molar-refractivity contribution < 1.29 is 38.9 Å². The molecule has 2 aliphatic heterocycles. The van der Waals surface area contributed by atoms with Crippen molar-refractivity contribution in [1.29, 1.82) is 0 Å². The van der Waals surface area contributed by atoms with E-state index in [2.05, 4.69) is 16.0 Å². The van der Waals surface area contributed by atoms with E-state index in [9.17, 15) is 29.4 Å². The molecule has 0 radical (unpaired) electrons. The molecule has 4 amide bonds. The Morgan fingerprint density at radius 1 is 1.07 bits per heavy atom. The van der Waals surface area contributed by atoms with Gasteiger partial charge in [-0.25, -0.2) is 0 Å². The van der Waals surface area contributed by atoms with Gasteiger partial charge in [0.05, 0.1) is 55.4 Å². The zero-order chi connectivity index (χ0) is 34.0. The molecule has 0 aromatic rings. The van der Waals surface area contributed by atoms with Crippen LogP contribution in [0.1, 0.15) is 73.6 Å². The zero-order valence-electron chi connectivity index (χ0n) is 28.7. The average Bonchev–Trinajstić information content (AvgIpc) is 3.68. The summed E-state index contributed by atoms with van der Waals surface area (Å²) in [6.45, 7) is 11.9. The molecule has 0 unspecified atom stereocenters. The molecule has 5 N–H and O–H groups in total. The molecule has 0 aromatic heterocycles. The molecule has 2 aliphatic rings. The number of carbonyl (C=O) groups excluding carboxylic acids is 4. The second kappa shape index (κ2) is 18.1. The van der Waals surface area contributed by atoms with E-state index in [0.717, 1.165) is 12.8 Å². The first-order chi connectivity index (χ1) is 21.2. The van der Waals surface area contributed by atoms with E-state index in [1.165, 1.54) is 7.11 Å². The Hall–Kier alpha value is -2.32. The van der Waals surface area contributed by atoms with Crippen molar-refractivity contribution in [3.8, 4) is 0 Å². The summed E-state index contributed by atoms with van der Waals surface area (Å²) in [6, 6.07) is -2.52. The first-order valence-electron chi connectivity index (χ1n) is 16.5. The SMILES string of the molecule is CC[C@H](C)[C@@H]([C@@H](CC(=O)N1CCC[C@H]1[C@H](OC)[C@@H](C)C(=O)N[C@@H](C)CO)OC)N(C)C(=O)[C@@H](NC(=O)[C@@H]1C[C@@H](O)CN1)C(C)C. The summed E-state index contributed by atoms with van der Waals surface area (Å²) >= 11 is 0. The Labute approximate surface area is 269 Å². The van der Waals surface area contributed by atoms with Crippen LogP contribution in [-0.4, -0.2) is 133 Å². The van der Waals surface area contributed by atoms with Gasteiger partial charge in [-0.2, -0.15) is 0 Å². The molecule has 2 fully saturated rings. The second-order valence-corrected chi connectivity index (χ2v) is 13.3. The molecular formula is C32H59N5O8. The van der Waals surface area contributed by atoms with Crippen LogP contribution in [0.15, 0.2) is 0 Å². The number of hydrogen-bond donors (Lipinski definition) is 5. The molecule has 13 heteroatoms. The van der Waals surface area contributed by atoms with E-state index in [1.54, 1.807) is 37.8 Å². The lowest BCUT2D eigenvalue weighted by Gasteiger charge is -2.41. The number of hydrogen-bond acceptors (Lipinski definition) is 9. The maximum absolute atomic E-state index is 14.0. The van der Waals surface area contributed by atoms with Gasteiger partial charge in [0.1, 0.15) is 6.04 Å². The van der Waals surface area contributed by atoms with Crippen molar-refractivity contribution in [2.75, 3.05) is 41.0 Å². The van der Waals surface area contributed by atoms with E-state index >= 15 is 0 Å². The minimum absolute atomic E-state index is 0.0230. The van der Waals surface area contributed by atoms with Gasteiger partial charge in [-0.15, -0.1) is 0 Å². The fraction of sp³-hybridized carbons (Fsp3) is 0.875. The highest BCUT2D eigenvalue weighted by atomic mass is 16.5. The maximum atomic E-state index is 14.0. The van der Waals surface area contributed by atoms with E-state index in [1.807, 2.05) is 27.7 Å². The molecule has 2 saturated heterocycles. The fourth-order valence-electron chi connectivity index (χ4n) is 6.63. The van der Waals surface area contributed by atoms with E-state index in [4.69, 9.17) is 9.47 Å². The monoisotopic (exact) mass is 641 g/mol. The smallest absolute Gasteiger partial charge is 0.245 e. The highest BCUT2D eigenvalue weighted by Gasteiger charge is 2.43. The standard InChI is InChI=1S/C32H59N5O8/c1-10-19(4)28(36(7)32(43)27(18(2)3)35-31(42)23-14-22(39)16-33-23)25(44-8)15-26(40)37-13-11-12-24(37)29(45-9)21(6)30(41)34-20(5)17-38/h18-25,27-29,33,38-39H,10-17H2,1-9H3,(H,34,41)(H,35,42)/t19-,20-,21+,22+,23-,24-,25+,27-,28-,29+/m0/s1. The van der Waals surface area contributed by atoms with Crippen LogP contribution >= 0.6 is 0 Å². The van der Waals surface area contributed by atoms with Gasteiger partial charge in [-0.3, -0.25) is 19.2 Å². The lowest BCUT2D eigenvalue weighted by Crippen LogP contribution is -2.59. The first kappa shape index (κ1) is 38.9. The van der Waals surface area contributed by atoms with Gasteiger partial charge in [0.25, 0.3) is 0 Å². The number of amides is 4. The molecule has 2 rings (SSSR count). The largest absolute Gasteiger partial charge is 0.394 e. The molecular weight excluding hydrogens is 582 g/mol. The van der Waals surface area contributed by atoms with Crippen molar-refractivity contribution in [2.45, 2.75) is 122 Å². The van der Waals surface area contributed by atoms with Crippen LogP contribution in [-0.2, 0) is 28.7 Å². The number of β-amino-alcohol motifs (C(OH)–C–C–N with tert-alkyl or cyclic N) is 1. The van der Waals surface area contributed by atoms with Crippen molar-refractivity contribution >= 4 is 23.6 Å². The van der Waals surface area contributed by atoms with Gasteiger partial charge in [-0.1, -0.05) is 41.0 Å². The summed E-state index contributed by atoms with van der Waals surface area (Å²) in [5.74, 6) is -1.77. The number of likely N-dealkylation sites (N-methyl/N-ethyl adjacent to an activating group) is 1. The number of likely N-dealkylation sites (tertiary alicyclic amines) is 1. The molecule has 0 aliphatic carbocycles. The molecule has 0 aromatic carbocycles. The van der Waals surface area contributed by atoms with Crippen LogP contribution in [0.4, 0.5) is 0 Å². The second-order valence-electron chi connectivity index (χ2n) is 13.3. The summed E-state index contributed by atoms with van der Waals surface area (Å²) in [6.07, 6.45) is 0.744. The molecule has 2 heterocycles. The average molecular weight is 642 g/mol. The number of nitrogens with zero attached hydrogens (tertiary/aromatic N) is 2. The predicted molar refractivity (Wildman–Crippen MR) is 170 cm³/mol. The van der Waals surface area contributed by atoms with Gasteiger partial charge in [0.2, 0.25) is 23.6 Å². The summed E-state index contributed by atoms with van der Waals surface area (Å²) in [7, 11) is 4.78. The molecule has 0 bridgehead atoms. The van der Waals surface area contributed by atoms with Crippen molar-refractivity contribution in [3.05, 3.63) is 0 Å². The predicted octanol–water partition coefficient (Wildman–Crippen LogP) is 0.267. The van der Waals surface area contributed by atoms with Crippen LogP contribution in [0.3, 0.4) is 0 Å². The lowest BCUT2D eigenvalue weighted by molar-refractivity contribution is -0.147. The first-order valence-corrected chi connectivity index (χ1v) is 16.5. The highest BCUT2D eigenvalue weighted by Crippen LogP contribution is 2.29. The maximum Gasteiger partial charge on any atom is 0.245 e. The lowest BCUT2D eigenvalue weighted by atomic mass is 9.89. The summed E-state index contributed by atoms with van der Waals surface area (Å²) in [5.41, 5.74) is 0. The van der Waals surface area contributed by atoms with Gasteiger partial charge in [-0.05, 0) is 38.0 Å². The Bertz CT molecular complexity index is 983. The van der Waals surface area contributed by atoms with Gasteiger partial charge in [0.15, 0.2) is 0 Å². The molecule has 260 valence electrons. The van der Waals surface area contributed by atoms with Gasteiger partial charge in [0, 0.05) is 40.4 Å². The van der Waals surface area contributed by atoms with Crippen LogP contribution in [0.2, 0.25) is 0 Å². The number of aliphatic hydroxyl groups is 2. The minimum Gasteiger partial charge on any atom is -0.394 e. The van der Waals surface area contributed by atoms with E-state index < -0.39 is 48.4 Å². The molecule has 45 heavy (non-hydrogen) atoms. The van der Waals surface area contributed by atoms with Crippen LogP contribution in [0.5, 0.6) is 0 Å².